The van der Waals surface area contributed by atoms with E-state index in [4.69, 9.17) is 4.74 Å². The molecule has 0 radical (unpaired) electrons. The summed E-state index contributed by atoms with van der Waals surface area (Å²) in [4.78, 5) is 43.5. The van der Waals surface area contributed by atoms with Gasteiger partial charge in [0, 0.05) is 6.54 Å². The molecule has 172 valence electrons. The van der Waals surface area contributed by atoms with Crippen LogP contribution in [0.25, 0.3) is 0 Å². The van der Waals surface area contributed by atoms with Crippen LogP contribution in [0.2, 0.25) is 0 Å². The van der Waals surface area contributed by atoms with Crippen molar-refractivity contribution >= 4 is 29.2 Å². The number of nitrogens with zero attached hydrogens (tertiary/aromatic N) is 2. The number of methoxy groups -OCH3 is 1. The Bertz CT molecular complexity index is 1150. The molecule has 1 spiro atoms. The van der Waals surface area contributed by atoms with Crippen LogP contribution in [0, 0.1) is 23.1 Å². The third-order valence-electron chi connectivity index (χ3n) is 7.23. The minimum absolute atomic E-state index is 0.0323. The number of carbonyl (C=O) groups is 3. The summed E-state index contributed by atoms with van der Waals surface area (Å²) in [5.41, 5.74) is -0.146. The van der Waals surface area contributed by atoms with Gasteiger partial charge in [-0.25, -0.2) is 14.1 Å². The fourth-order valence-electron chi connectivity index (χ4n) is 6.04. The average molecular weight is 451 g/mol. The monoisotopic (exact) mass is 451 g/mol. The number of para-hydroxylation sites is 1. The Labute approximate surface area is 191 Å². The number of ether oxygens (including phenoxy) is 1. The number of anilines is 2. The number of hydrogen-bond donors (Lipinski definition) is 1. The van der Waals surface area contributed by atoms with Crippen LogP contribution in [0.4, 0.5) is 20.6 Å². The van der Waals surface area contributed by atoms with Gasteiger partial charge in [0.2, 0.25) is 5.91 Å². The van der Waals surface area contributed by atoms with Crippen LogP contribution >= 0.6 is 0 Å². The fourth-order valence-corrected chi connectivity index (χ4v) is 6.04. The summed E-state index contributed by atoms with van der Waals surface area (Å²) in [6, 6.07) is 9.94. The highest BCUT2D eigenvalue weighted by Crippen LogP contribution is 2.51. The number of fused-ring (bicyclic) bond motifs is 4. The largest absolute Gasteiger partial charge is 0.497 e. The number of halogens is 1. The number of carbonyl (C=O) groups excluding carboxylic acids is 3. The minimum Gasteiger partial charge on any atom is -0.497 e. The molecule has 2 aromatic rings. The van der Waals surface area contributed by atoms with Crippen molar-refractivity contribution in [1.29, 1.82) is 0 Å². The van der Waals surface area contributed by atoms with Gasteiger partial charge < -0.3 is 9.64 Å². The number of imide groups is 2. The molecule has 2 saturated heterocycles. The molecule has 3 aliphatic heterocycles. The number of piperidine rings is 1. The van der Waals surface area contributed by atoms with Crippen molar-refractivity contribution in [2.45, 2.75) is 32.7 Å². The number of barbiturate groups is 1. The summed E-state index contributed by atoms with van der Waals surface area (Å²) < 4.78 is 20.2. The lowest BCUT2D eigenvalue weighted by atomic mass is 9.62. The Morgan fingerprint density at radius 1 is 1.09 bits per heavy atom. The molecule has 0 bridgehead atoms. The van der Waals surface area contributed by atoms with Crippen LogP contribution in [0.5, 0.6) is 5.75 Å². The van der Waals surface area contributed by atoms with Crippen LogP contribution < -0.4 is 19.9 Å². The first-order valence-corrected chi connectivity index (χ1v) is 11.2. The van der Waals surface area contributed by atoms with Crippen LogP contribution in [0.3, 0.4) is 0 Å². The first-order valence-electron chi connectivity index (χ1n) is 11.2. The van der Waals surface area contributed by atoms with Gasteiger partial charge in [0.15, 0.2) is 5.41 Å². The lowest BCUT2D eigenvalue weighted by Gasteiger charge is -2.56. The highest BCUT2D eigenvalue weighted by atomic mass is 19.1. The Hall–Kier alpha value is -3.42. The second-order valence-corrected chi connectivity index (χ2v) is 9.41. The van der Waals surface area contributed by atoms with E-state index in [0.29, 0.717) is 29.2 Å². The van der Waals surface area contributed by atoms with Gasteiger partial charge in [-0.3, -0.25) is 14.9 Å². The number of rotatable bonds is 2. The zero-order valence-electron chi connectivity index (χ0n) is 18.8. The van der Waals surface area contributed by atoms with Crippen molar-refractivity contribution in [2.75, 3.05) is 23.5 Å². The van der Waals surface area contributed by atoms with Crippen molar-refractivity contribution in [3.63, 3.8) is 0 Å². The third kappa shape index (κ3) is 3.03. The van der Waals surface area contributed by atoms with Gasteiger partial charge in [0.1, 0.15) is 11.6 Å². The van der Waals surface area contributed by atoms with E-state index in [2.05, 4.69) is 12.2 Å². The predicted octanol–water partition coefficient (Wildman–Crippen LogP) is 3.51. The van der Waals surface area contributed by atoms with E-state index >= 15 is 4.39 Å². The van der Waals surface area contributed by atoms with Crippen LogP contribution in [0.15, 0.2) is 42.5 Å². The number of hydrogen-bond acceptors (Lipinski definition) is 5. The second-order valence-electron chi connectivity index (χ2n) is 9.41. The zero-order valence-corrected chi connectivity index (χ0v) is 18.8. The van der Waals surface area contributed by atoms with E-state index in [1.165, 1.54) is 13.2 Å². The van der Waals surface area contributed by atoms with Gasteiger partial charge in [0.05, 0.1) is 24.5 Å². The molecule has 2 aromatic carbocycles. The number of benzene rings is 2. The lowest BCUT2D eigenvalue weighted by molar-refractivity contribution is -0.146. The average Bonchev–Trinajstić information content (AvgIpc) is 2.77. The quantitative estimate of drug-likeness (QED) is 0.707. The van der Waals surface area contributed by atoms with Crippen LogP contribution in [-0.4, -0.2) is 37.5 Å². The highest BCUT2D eigenvalue weighted by Gasteiger charge is 2.64. The van der Waals surface area contributed by atoms with Gasteiger partial charge in [-0.1, -0.05) is 26.0 Å². The van der Waals surface area contributed by atoms with E-state index in [-0.39, 0.29) is 24.1 Å². The van der Waals surface area contributed by atoms with Crippen LogP contribution in [-0.2, 0) is 16.0 Å². The van der Waals surface area contributed by atoms with Crippen molar-refractivity contribution in [3.8, 4) is 5.75 Å². The maximum absolute atomic E-state index is 15.0. The minimum atomic E-state index is -1.55. The molecule has 7 nitrogen and oxygen atoms in total. The molecule has 4 amide bonds. The number of amides is 4. The van der Waals surface area contributed by atoms with Crippen molar-refractivity contribution in [2.24, 2.45) is 17.3 Å². The summed E-state index contributed by atoms with van der Waals surface area (Å²) >= 11 is 0. The molecule has 0 saturated carbocycles. The van der Waals surface area contributed by atoms with Gasteiger partial charge in [-0.05, 0) is 60.6 Å². The SMILES string of the molecule is COc1ccc(N2C(=O)NC(=O)[C@@]3(Cc4cccc(F)c4N4C[C@@H](C)C[C@H](C)[C@@H]43)C2=O)cc1. The molecule has 4 atom stereocenters. The van der Waals surface area contributed by atoms with E-state index in [1.54, 1.807) is 36.4 Å². The van der Waals surface area contributed by atoms with Crippen molar-refractivity contribution in [3.05, 3.63) is 53.8 Å². The molecule has 2 fully saturated rings. The molecule has 8 heteroatoms. The van der Waals surface area contributed by atoms with E-state index in [9.17, 15) is 14.4 Å². The summed E-state index contributed by atoms with van der Waals surface area (Å²) in [5.74, 6) is -0.777. The van der Waals surface area contributed by atoms with Gasteiger partial charge in [-0.15, -0.1) is 0 Å². The van der Waals surface area contributed by atoms with E-state index in [1.807, 2.05) is 11.8 Å². The first-order chi connectivity index (χ1) is 15.8. The van der Waals surface area contributed by atoms with Gasteiger partial charge in [-0.2, -0.15) is 0 Å². The predicted molar refractivity (Wildman–Crippen MR) is 121 cm³/mol. The maximum atomic E-state index is 15.0. The lowest BCUT2D eigenvalue weighted by Crippen LogP contribution is -2.74. The maximum Gasteiger partial charge on any atom is 0.335 e. The normalized spacial score (nSPS) is 29.0. The molecular weight excluding hydrogens is 425 g/mol. The first kappa shape index (κ1) is 21.4. The zero-order chi connectivity index (χ0) is 23.5. The Kier molecular flexibility index (Phi) is 4.92. The number of nitrogens with one attached hydrogen (secondary N) is 1. The third-order valence-corrected chi connectivity index (χ3v) is 7.23. The van der Waals surface area contributed by atoms with E-state index < -0.39 is 29.3 Å². The molecule has 0 aliphatic carbocycles. The van der Waals surface area contributed by atoms with Crippen LogP contribution in [0.1, 0.15) is 25.8 Å². The Morgan fingerprint density at radius 2 is 1.82 bits per heavy atom. The molecule has 1 N–H and O–H groups in total. The second kappa shape index (κ2) is 7.57. The van der Waals surface area contributed by atoms with Crippen molar-refractivity contribution < 1.29 is 23.5 Å². The molecular formula is C25H26FN3O4. The molecule has 3 heterocycles. The Balaban J connectivity index is 1.68. The topological polar surface area (TPSA) is 79.0 Å². The molecule has 0 unspecified atom stereocenters. The summed E-state index contributed by atoms with van der Waals surface area (Å²) in [6.07, 6.45) is 0.828. The summed E-state index contributed by atoms with van der Waals surface area (Å²) in [5, 5.41) is 2.43. The summed E-state index contributed by atoms with van der Waals surface area (Å²) in [6.45, 7) is 4.61. The molecule has 0 aromatic heterocycles. The smallest absolute Gasteiger partial charge is 0.335 e. The fraction of sp³-hybridized carbons (Fsp3) is 0.400. The van der Waals surface area contributed by atoms with Gasteiger partial charge >= 0.3 is 6.03 Å². The molecule has 3 aliphatic rings. The molecule has 5 rings (SSSR count). The summed E-state index contributed by atoms with van der Waals surface area (Å²) in [7, 11) is 1.53. The molecule has 33 heavy (non-hydrogen) atoms. The number of urea groups is 1. The van der Waals surface area contributed by atoms with Gasteiger partial charge in [0.25, 0.3) is 5.91 Å². The highest BCUT2D eigenvalue weighted by molar-refractivity contribution is 6.30. The van der Waals surface area contributed by atoms with Crippen molar-refractivity contribution in [1.82, 2.24) is 5.32 Å². The standard InChI is InChI=1S/C25H26FN3O4/c1-14-11-15(2)21-25(12-16-5-4-6-19(26)20(16)28(21)13-14)22(30)27-24(32)29(23(25)31)17-7-9-18(33-3)10-8-17/h4-10,14-15,21H,11-13H2,1-3H3,(H,27,30,32)/t14-,15-,21+,25-/m0/s1. The van der Waals surface area contributed by atoms with E-state index in [0.717, 1.165) is 11.3 Å². The Morgan fingerprint density at radius 3 is 2.52 bits per heavy atom.